The molecule has 17 heavy (non-hydrogen) atoms. The Labute approximate surface area is 106 Å². The van der Waals surface area contributed by atoms with Crippen molar-refractivity contribution < 1.29 is 9.53 Å². The fourth-order valence-corrected chi connectivity index (χ4v) is 2.84. The molecule has 1 heterocycles. The van der Waals surface area contributed by atoms with Gasteiger partial charge in [0.2, 0.25) is 0 Å². The van der Waals surface area contributed by atoms with Crippen molar-refractivity contribution in [3.63, 3.8) is 0 Å². The molecule has 0 saturated heterocycles. The zero-order valence-electron chi connectivity index (χ0n) is 10.7. The predicted octanol–water partition coefficient (Wildman–Crippen LogP) is 2.47. The highest BCUT2D eigenvalue weighted by atomic mass is 32.1. The second-order valence-corrected chi connectivity index (χ2v) is 5.76. The van der Waals surface area contributed by atoms with Crippen LogP contribution in [0.5, 0.6) is 0 Å². The first kappa shape index (κ1) is 12.4. The van der Waals surface area contributed by atoms with Crippen molar-refractivity contribution in [2.75, 3.05) is 19.1 Å². The fraction of sp³-hybridized carbons (Fsp3) is 0.667. The lowest BCUT2D eigenvalue weighted by atomic mass is 10.2. The molecule has 1 aromatic rings. The second kappa shape index (κ2) is 4.64. The quantitative estimate of drug-likeness (QED) is 0.774. The normalized spacial score (nSPS) is 16.7. The SMILES string of the molecule is COC(=O)c1nc(N(C)C(C)C2CC2)sc1C. The van der Waals surface area contributed by atoms with E-state index in [9.17, 15) is 4.79 Å². The molecule has 0 amide bonds. The largest absolute Gasteiger partial charge is 0.464 e. The molecule has 5 heteroatoms. The number of anilines is 1. The van der Waals surface area contributed by atoms with Crippen LogP contribution in [-0.2, 0) is 4.74 Å². The zero-order chi connectivity index (χ0) is 12.6. The van der Waals surface area contributed by atoms with E-state index in [0.717, 1.165) is 15.9 Å². The van der Waals surface area contributed by atoms with Crippen molar-refractivity contribution in [1.29, 1.82) is 0 Å². The van der Waals surface area contributed by atoms with Crippen LogP contribution in [0.4, 0.5) is 5.13 Å². The molecule has 0 radical (unpaired) electrons. The van der Waals surface area contributed by atoms with E-state index in [-0.39, 0.29) is 5.97 Å². The predicted molar refractivity (Wildman–Crippen MR) is 68.8 cm³/mol. The number of ether oxygens (including phenoxy) is 1. The average molecular weight is 254 g/mol. The average Bonchev–Trinajstić information content (AvgIpc) is 3.09. The third-order valence-corrected chi connectivity index (χ3v) is 4.44. The third-order valence-electron chi connectivity index (χ3n) is 3.38. The van der Waals surface area contributed by atoms with Gasteiger partial charge in [0, 0.05) is 18.0 Å². The molecule has 1 atom stereocenters. The zero-order valence-corrected chi connectivity index (χ0v) is 11.5. The first-order valence-corrected chi connectivity index (χ1v) is 6.64. The van der Waals surface area contributed by atoms with E-state index in [1.54, 1.807) is 11.3 Å². The Morgan fingerprint density at radius 2 is 2.24 bits per heavy atom. The van der Waals surface area contributed by atoms with E-state index in [1.165, 1.54) is 20.0 Å². The van der Waals surface area contributed by atoms with Gasteiger partial charge in [-0.15, -0.1) is 11.3 Å². The maximum absolute atomic E-state index is 11.5. The molecule has 0 N–H and O–H groups in total. The van der Waals surface area contributed by atoms with E-state index >= 15 is 0 Å². The Hall–Kier alpha value is -1.10. The van der Waals surface area contributed by atoms with Crippen LogP contribution in [0, 0.1) is 12.8 Å². The number of rotatable bonds is 4. The first-order valence-electron chi connectivity index (χ1n) is 5.83. The minimum atomic E-state index is -0.350. The molecular formula is C12H18N2O2S. The van der Waals surface area contributed by atoms with Gasteiger partial charge in [0.05, 0.1) is 7.11 Å². The van der Waals surface area contributed by atoms with Gasteiger partial charge in [-0.25, -0.2) is 9.78 Å². The third kappa shape index (κ3) is 2.44. The van der Waals surface area contributed by atoms with Crippen molar-refractivity contribution in [3.8, 4) is 0 Å². The van der Waals surface area contributed by atoms with Gasteiger partial charge in [0.15, 0.2) is 10.8 Å². The summed E-state index contributed by atoms with van der Waals surface area (Å²) in [5, 5.41) is 0.905. The van der Waals surface area contributed by atoms with Crippen molar-refractivity contribution in [2.24, 2.45) is 5.92 Å². The second-order valence-electron chi connectivity index (χ2n) is 4.58. The van der Waals surface area contributed by atoms with Crippen LogP contribution in [-0.4, -0.2) is 31.2 Å². The van der Waals surface area contributed by atoms with Gasteiger partial charge in [-0.3, -0.25) is 0 Å². The van der Waals surface area contributed by atoms with E-state index in [2.05, 4.69) is 16.8 Å². The summed E-state index contributed by atoms with van der Waals surface area (Å²) in [6, 6.07) is 0.492. The van der Waals surface area contributed by atoms with Crippen molar-refractivity contribution in [1.82, 2.24) is 4.98 Å². The molecule has 94 valence electrons. The highest BCUT2D eigenvalue weighted by Gasteiger charge is 2.32. The number of hydrogen-bond acceptors (Lipinski definition) is 5. The standard InChI is InChI=1S/C12H18N2O2S/c1-7(9-5-6-9)14(3)12-13-10(8(2)17-12)11(15)16-4/h7,9H,5-6H2,1-4H3. The minimum Gasteiger partial charge on any atom is -0.464 e. The van der Waals surface area contributed by atoms with Gasteiger partial charge in [-0.05, 0) is 32.6 Å². The molecule has 1 fully saturated rings. The van der Waals surface area contributed by atoms with E-state index < -0.39 is 0 Å². The lowest BCUT2D eigenvalue weighted by molar-refractivity contribution is 0.0594. The summed E-state index contributed by atoms with van der Waals surface area (Å²) in [5.41, 5.74) is 0.447. The lowest BCUT2D eigenvalue weighted by Gasteiger charge is -2.23. The van der Waals surface area contributed by atoms with Crippen LogP contribution in [0.3, 0.4) is 0 Å². The van der Waals surface area contributed by atoms with Gasteiger partial charge in [0.25, 0.3) is 0 Å². The first-order chi connectivity index (χ1) is 8.04. The Balaban J connectivity index is 2.18. The minimum absolute atomic E-state index is 0.350. The Morgan fingerprint density at radius 3 is 2.76 bits per heavy atom. The molecule has 0 aliphatic heterocycles. The summed E-state index contributed by atoms with van der Waals surface area (Å²) >= 11 is 1.55. The molecule has 0 aromatic carbocycles. The molecule has 1 unspecified atom stereocenters. The number of hydrogen-bond donors (Lipinski definition) is 0. The number of aryl methyl sites for hydroxylation is 1. The number of nitrogens with zero attached hydrogens (tertiary/aromatic N) is 2. The van der Waals surface area contributed by atoms with Crippen LogP contribution in [0.25, 0.3) is 0 Å². The number of esters is 1. The number of thiazole rings is 1. The van der Waals surface area contributed by atoms with Crippen LogP contribution in [0.15, 0.2) is 0 Å². The topological polar surface area (TPSA) is 42.4 Å². The summed E-state index contributed by atoms with van der Waals surface area (Å²) in [4.78, 5) is 19.0. The number of carbonyl (C=O) groups excluding carboxylic acids is 1. The Morgan fingerprint density at radius 1 is 1.59 bits per heavy atom. The number of methoxy groups -OCH3 is 1. The molecule has 1 aliphatic carbocycles. The molecule has 4 nitrogen and oxygen atoms in total. The summed E-state index contributed by atoms with van der Waals surface area (Å²) in [5.74, 6) is 0.434. The van der Waals surface area contributed by atoms with E-state index in [1.807, 2.05) is 14.0 Å². The van der Waals surface area contributed by atoms with Gasteiger partial charge in [-0.2, -0.15) is 0 Å². The Bertz CT molecular complexity index is 426. The van der Waals surface area contributed by atoms with Gasteiger partial charge in [-0.1, -0.05) is 0 Å². The molecule has 0 spiro atoms. The highest BCUT2D eigenvalue weighted by Crippen LogP contribution is 2.37. The summed E-state index contributed by atoms with van der Waals surface area (Å²) < 4.78 is 4.72. The van der Waals surface area contributed by atoms with Gasteiger partial charge >= 0.3 is 5.97 Å². The van der Waals surface area contributed by atoms with Crippen LogP contribution in [0.1, 0.15) is 35.1 Å². The highest BCUT2D eigenvalue weighted by molar-refractivity contribution is 7.15. The molecule has 1 aliphatic rings. The van der Waals surface area contributed by atoms with E-state index in [0.29, 0.717) is 11.7 Å². The smallest absolute Gasteiger partial charge is 0.357 e. The monoisotopic (exact) mass is 254 g/mol. The van der Waals surface area contributed by atoms with Crippen molar-refractivity contribution >= 4 is 22.4 Å². The van der Waals surface area contributed by atoms with Gasteiger partial charge in [0.1, 0.15) is 0 Å². The molecule has 1 aromatic heterocycles. The molecular weight excluding hydrogens is 236 g/mol. The fourth-order valence-electron chi connectivity index (χ4n) is 1.89. The summed E-state index contributed by atoms with van der Waals surface area (Å²) in [6.07, 6.45) is 2.61. The van der Waals surface area contributed by atoms with Crippen LogP contribution in [0.2, 0.25) is 0 Å². The summed E-state index contributed by atoms with van der Waals surface area (Å²) in [7, 11) is 3.43. The van der Waals surface area contributed by atoms with Crippen LogP contribution < -0.4 is 4.90 Å². The van der Waals surface area contributed by atoms with E-state index in [4.69, 9.17) is 4.74 Å². The lowest BCUT2D eigenvalue weighted by Crippen LogP contribution is -2.30. The number of carbonyl (C=O) groups is 1. The van der Waals surface area contributed by atoms with Crippen LogP contribution >= 0.6 is 11.3 Å². The van der Waals surface area contributed by atoms with Crippen molar-refractivity contribution in [3.05, 3.63) is 10.6 Å². The molecule has 2 rings (SSSR count). The molecule has 1 saturated carbocycles. The van der Waals surface area contributed by atoms with Gasteiger partial charge < -0.3 is 9.64 Å². The summed E-state index contributed by atoms with van der Waals surface area (Å²) in [6.45, 7) is 4.12. The molecule has 0 bridgehead atoms. The maximum Gasteiger partial charge on any atom is 0.357 e. The Kier molecular flexibility index (Phi) is 3.38. The van der Waals surface area contributed by atoms with Crippen molar-refractivity contribution in [2.45, 2.75) is 32.7 Å². The number of aromatic nitrogens is 1. The maximum atomic E-state index is 11.5.